The van der Waals surface area contributed by atoms with Crippen molar-refractivity contribution in [2.24, 2.45) is 5.73 Å². The Hall–Kier alpha value is -0.120. The maximum absolute atomic E-state index is 5.33. The Morgan fingerprint density at radius 2 is 2.09 bits per heavy atom. The van der Waals surface area contributed by atoms with Crippen molar-refractivity contribution >= 4 is 0 Å². The fraction of sp³-hybridized carbons (Fsp3) is 1.00. The Morgan fingerprint density at radius 3 is 2.64 bits per heavy atom. The molecule has 66 valence electrons. The number of hydrogen-bond donors (Lipinski definition) is 2. The molecule has 1 aliphatic heterocycles. The Labute approximate surface area is 68.9 Å². The first-order valence-corrected chi connectivity index (χ1v) is 4.56. The minimum Gasteiger partial charge on any atom is -0.329 e. The lowest BCUT2D eigenvalue weighted by Crippen LogP contribution is -2.38. The first kappa shape index (κ1) is 8.97. The molecule has 3 heteroatoms. The van der Waals surface area contributed by atoms with E-state index in [0.717, 1.165) is 19.6 Å². The summed E-state index contributed by atoms with van der Waals surface area (Å²) in [5.74, 6) is 0. The number of nitrogens with two attached hydrogens (primary N) is 1. The van der Waals surface area contributed by atoms with Gasteiger partial charge >= 0.3 is 0 Å². The van der Waals surface area contributed by atoms with Crippen molar-refractivity contribution in [2.45, 2.75) is 12.8 Å². The van der Waals surface area contributed by atoms with Crippen molar-refractivity contribution in [1.82, 2.24) is 10.2 Å². The molecule has 1 saturated heterocycles. The van der Waals surface area contributed by atoms with Crippen LogP contribution in [-0.2, 0) is 0 Å². The van der Waals surface area contributed by atoms with Gasteiger partial charge in [-0.25, -0.2) is 0 Å². The predicted molar refractivity (Wildman–Crippen MR) is 47.6 cm³/mol. The monoisotopic (exact) mass is 157 g/mol. The molecule has 0 spiro atoms. The lowest BCUT2D eigenvalue weighted by atomic mass is 10.2. The van der Waals surface area contributed by atoms with E-state index in [1.807, 2.05) is 0 Å². The van der Waals surface area contributed by atoms with Crippen molar-refractivity contribution in [3.05, 3.63) is 0 Å². The molecule has 1 heterocycles. The largest absolute Gasteiger partial charge is 0.329 e. The molecule has 1 fully saturated rings. The third kappa shape index (κ3) is 3.70. The second-order valence-corrected chi connectivity index (χ2v) is 3.09. The van der Waals surface area contributed by atoms with Crippen LogP contribution < -0.4 is 11.1 Å². The number of nitrogens with zero attached hydrogens (tertiary/aromatic N) is 1. The van der Waals surface area contributed by atoms with Gasteiger partial charge in [-0.3, -0.25) is 0 Å². The van der Waals surface area contributed by atoms with Crippen LogP contribution in [0.15, 0.2) is 0 Å². The normalized spacial score (nSPS) is 18.3. The standard InChI is InChI=1S/C8H19N3/c9-3-5-10-4-1-6-11-7-2-8-11/h10H,1-9H2. The molecule has 0 aliphatic carbocycles. The van der Waals surface area contributed by atoms with Gasteiger partial charge in [-0.1, -0.05) is 0 Å². The quantitative estimate of drug-likeness (QED) is 0.517. The Kier molecular flexibility index (Phi) is 4.50. The summed E-state index contributed by atoms with van der Waals surface area (Å²) < 4.78 is 0. The van der Waals surface area contributed by atoms with Crippen LogP contribution in [0.4, 0.5) is 0 Å². The molecule has 3 nitrogen and oxygen atoms in total. The zero-order valence-electron chi connectivity index (χ0n) is 7.18. The number of likely N-dealkylation sites (tertiary alicyclic amines) is 1. The highest BCUT2D eigenvalue weighted by atomic mass is 15.2. The van der Waals surface area contributed by atoms with Crippen molar-refractivity contribution in [2.75, 3.05) is 39.3 Å². The van der Waals surface area contributed by atoms with E-state index in [2.05, 4.69) is 10.2 Å². The molecule has 11 heavy (non-hydrogen) atoms. The van der Waals surface area contributed by atoms with Gasteiger partial charge in [-0.05, 0) is 39.0 Å². The van der Waals surface area contributed by atoms with E-state index in [9.17, 15) is 0 Å². The average molecular weight is 157 g/mol. The van der Waals surface area contributed by atoms with Gasteiger partial charge in [0.2, 0.25) is 0 Å². The van der Waals surface area contributed by atoms with E-state index in [0.29, 0.717) is 0 Å². The van der Waals surface area contributed by atoms with Gasteiger partial charge in [0.25, 0.3) is 0 Å². The highest BCUT2D eigenvalue weighted by Gasteiger charge is 2.11. The lowest BCUT2D eigenvalue weighted by Gasteiger charge is -2.30. The van der Waals surface area contributed by atoms with E-state index in [-0.39, 0.29) is 0 Å². The third-order valence-corrected chi connectivity index (χ3v) is 2.10. The van der Waals surface area contributed by atoms with E-state index in [1.54, 1.807) is 0 Å². The summed E-state index contributed by atoms with van der Waals surface area (Å²) in [5.41, 5.74) is 5.33. The zero-order chi connectivity index (χ0) is 7.94. The molecule has 0 amide bonds. The van der Waals surface area contributed by atoms with Gasteiger partial charge in [0.1, 0.15) is 0 Å². The van der Waals surface area contributed by atoms with E-state index in [4.69, 9.17) is 5.73 Å². The number of hydrogen-bond acceptors (Lipinski definition) is 3. The third-order valence-electron chi connectivity index (χ3n) is 2.10. The summed E-state index contributed by atoms with van der Waals surface area (Å²) in [7, 11) is 0. The van der Waals surface area contributed by atoms with Crippen molar-refractivity contribution in [3.8, 4) is 0 Å². The van der Waals surface area contributed by atoms with Gasteiger partial charge in [0.15, 0.2) is 0 Å². The van der Waals surface area contributed by atoms with E-state index >= 15 is 0 Å². The van der Waals surface area contributed by atoms with Crippen molar-refractivity contribution in [3.63, 3.8) is 0 Å². The summed E-state index contributed by atoms with van der Waals surface area (Å²) in [5, 5.41) is 3.29. The Morgan fingerprint density at radius 1 is 1.27 bits per heavy atom. The molecule has 0 saturated carbocycles. The molecule has 1 rings (SSSR count). The van der Waals surface area contributed by atoms with Crippen LogP contribution in [-0.4, -0.2) is 44.2 Å². The van der Waals surface area contributed by atoms with Crippen LogP contribution in [0.3, 0.4) is 0 Å². The summed E-state index contributed by atoms with van der Waals surface area (Å²) in [4.78, 5) is 2.49. The zero-order valence-corrected chi connectivity index (χ0v) is 7.18. The topological polar surface area (TPSA) is 41.3 Å². The smallest absolute Gasteiger partial charge is 0.00745 e. The highest BCUT2D eigenvalue weighted by molar-refractivity contribution is 4.68. The Balaban J connectivity index is 1.73. The molecule has 1 aliphatic rings. The van der Waals surface area contributed by atoms with Gasteiger partial charge < -0.3 is 16.0 Å². The van der Waals surface area contributed by atoms with E-state index < -0.39 is 0 Å². The maximum atomic E-state index is 5.33. The van der Waals surface area contributed by atoms with Crippen LogP contribution in [0.1, 0.15) is 12.8 Å². The lowest BCUT2D eigenvalue weighted by molar-refractivity contribution is 0.179. The van der Waals surface area contributed by atoms with Gasteiger partial charge in [0.05, 0.1) is 0 Å². The molecule has 0 bridgehead atoms. The highest BCUT2D eigenvalue weighted by Crippen LogP contribution is 2.04. The minimum atomic E-state index is 0.754. The molecule has 0 aromatic carbocycles. The summed E-state index contributed by atoms with van der Waals surface area (Å²) in [6, 6.07) is 0. The van der Waals surface area contributed by atoms with Crippen molar-refractivity contribution < 1.29 is 0 Å². The van der Waals surface area contributed by atoms with E-state index in [1.165, 1.54) is 32.5 Å². The summed E-state index contributed by atoms with van der Waals surface area (Å²) in [6.45, 7) is 6.72. The molecule has 3 N–H and O–H groups in total. The first-order chi connectivity index (χ1) is 5.43. The second-order valence-electron chi connectivity index (χ2n) is 3.09. The van der Waals surface area contributed by atoms with Crippen LogP contribution >= 0.6 is 0 Å². The second kappa shape index (κ2) is 5.52. The Bertz CT molecular complexity index is 91.3. The minimum absolute atomic E-state index is 0.754. The van der Waals surface area contributed by atoms with Crippen LogP contribution in [0, 0.1) is 0 Å². The fourth-order valence-electron chi connectivity index (χ4n) is 1.26. The maximum Gasteiger partial charge on any atom is 0.00745 e. The van der Waals surface area contributed by atoms with Gasteiger partial charge in [-0.2, -0.15) is 0 Å². The number of nitrogens with one attached hydrogen (secondary N) is 1. The predicted octanol–water partition coefficient (Wildman–Crippen LogP) is -0.369. The molecule has 0 unspecified atom stereocenters. The molecular weight excluding hydrogens is 138 g/mol. The molecular formula is C8H19N3. The summed E-state index contributed by atoms with van der Waals surface area (Å²) in [6.07, 6.45) is 2.66. The molecule has 0 atom stereocenters. The average Bonchev–Trinajstić information content (AvgIpc) is 1.93. The molecule has 0 aromatic heterocycles. The van der Waals surface area contributed by atoms with Gasteiger partial charge in [0, 0.05) is 13.1 Å². The van der Waals surface area contributed by atoms with Crippen LogP contribution in [0.5, 0.6) is 0 Å². The number of rotatable bonds is 6. The fourth-order valence-corrected chi connectivity index (χ4v) is 1.26. The summed E-state index contributed by atoms with van der Waals surface area (Å²) >= 11 is 0. The molecule has 0 aromatic rings. The SMILES string of the molecule is NCCNCCCN1CCC1. The molecule has 0 radical (unpaired) electrons. The van der Waals surface area contributed by atoms with Gasteiger partial charge in [-0.15, -0.1) is 0 Å². The van der Waals surface area contributed by atoms with Crippen LogP contribution in [0.25, 0.3) is 0 Å². The first-order valence-electron chi connectivity index (χ1n) is 4.56. The van der Waals surface area contributed by atoms with Crippen molar-refractivity contribution in [1.29, 1.82) is 0 Å². The van der Waals surface area contributed by atoms with Crippen LogP contribution in [0.2, 0.25) is 0 Å².